The lowest BCUT2D eigenvalue weighted by molar-refractivity contribution is -0.146. The predicted molar refractivity (Wildman–Crippen MR) is 95.6 cm³/mol. The maximum Gasteiger partial charge on any atom is 0.310 e. The zero-order chi connectivity index (χ0) is 17.6. The molecule has 0 atom stereocenters. The van der Waals surface area contributed by atoms with Crippen molar-refractivity contribution in [1.29, 1.82) is 0 Å². The Hall–Kier alpha value is -2.40. The summed E-state index contributed by atoms with van der Waals surface area (Å²) in [5.41, 5.74) is 4.00. The van der Waals surface area contributed by atoms with E-state index in [0.717, 1.165) is 18.4 Å². The summed E-state index contributed by atoms with van der Waals surface area (Å²) < 4.78 is 5.05. The van der Waals surface area contributed by atoms with E-state index in [4.69, 9.17) is 16.3 Å². The van der Waals surface area contributed by atoms with E-state index < -0.39 is 11.9 Å². The third-order valence-corrected chi connectivity index (χ3v) is 4.46. The third kappa shape index (κ3) is 4.79. The van der Waals surface area contributed by atoms with Gasteiger partial charge in [-0.3, -0.25) is 9.59 Å². The molecule has 1 N–H and O–H groups in total. The Bertz CT molecular complexity index is 792. The Kier molecular flexibility index (Phi) is 5.66. The van der Waals surface area contributed by atoms with E-state index in [2.05, 4.69) is 22.4 Å². The quantitative estimate of drug-likeness (QED) is 0.657. The molecule has 0 bridgehead atoms. The second-order valence-electron chi connectivity index (χ2n) is 6.04. The van der Waals surface area contributed by atoms with Crippen molar-refractivity contribution in [3.8, 4) is 0 Å². The fourth-order valence-corrected chi connectivity index (χ4v) is 3.09. The number of nitrogens with one attached hydrogen (secondary N) is 1. The van der Waals surface area contributed by atoms with Crippen LogP contribution in [0, 0.1) is 0 Å². The SMILES string of the molecule is O=C(COC(=O)Cc1ccc2c(c1)CCCC2)Nc1cccnc1Cl. The van der Waals surface area contributed by atoms with Crippen LogP contribution in [-0.2, 0) is 33.6 Å². The molecular weight excluding hydrogens is 340 g/mol. The summed E-state index contributed by atoms with van der Waals surface area (Å²) in [7, 11) is 0. The molecular formula is C19H19ClN2O3. The van der Waals surface area contributed by atoms with Gasteiger partial charge in [0, 0.05) is 6.20 Å². The largest absolute Gasteiger partial charge is 0.455 e. The van der Waals surface area contributed by atoms with E-state index in [9.17, 15) is 9.59 Å². The Balaban J connectivity index is 1.49. The second kappa shape index (κ2) is 8.12. The summed E-state index contributed by atoms with van der Waals surface area (Å²) in [6.45, 7) is -0.352. The summed E-state index contributed by atoms with van der Waals surface area (Å²) in [4.78, 5) is 27.7. The molecule has 0 saturated carbocycles. The molecule has 5 nitrogen and oxygen atoms in total. The third-order valence-electron chi connectivity index (χ3n) is 4.16. The number of amides is 1. The van der Waals surface area contributed by atoms with Crippen LogP contribution in [0.15, 0.2) is 36.5 Å². The number of carbonyl (C=O) groups is 2. The summed E-state index contributed by atoms with van der Waals surface area (Å²) in [6, 6.07) is 9.41. The van der Waals surface area contributed by atoms with Gasteiger partial charge in [-0.1, -0.05) is 29.8 Å². The molecule has 1 aromatic carbocycles. The Morgan fingerprint density at radius 3 is 2.76 bits per heavy atom. The van der Waals surface area contributed by atoms with Gasteiger partial charge in [-0.05, 0) is 54.5 Å². The molecule has 6 heteroatoms. The van der Waals surface area contributed by atoms with Gasteiger partial charge < -0.3 is 10.1 Å². The van der Waals surface area contributed by atoms with Crippen LogP contribution in [0.5, 0.6) is 0 Å². The standard InChI is InChI=1S/C19H19ClN2O3/c20-19-16(6-3-9-21-19)22-17(23)12-25-18(24)11-13-7-8-14-4-1-2-5-15(14)10-13/h3,6-10H,1-2,4-5,11-12H2,(H,22,23). The topological polar surface area (TPSA) is 68.3 Å². The maximum absolute atomic E-state index is 12.0. The zero-order valence-corrected chi connectivity index (χ0v) is 14.5. The lowest BCUT2D eigenvalue weighted by Gasteiger charge is -2.16. The van der Waals surface area contributed by atoms with E-state index >= 15 is 0 Å². The van der Waals surface area contributed by atoms with Gasteiger partial charge in [-0.15, -0.1) is 0 Å². The molecule has 1 aromatic heterocycles. The highest BCUT2D eigenvalue weighted by molar-refractivity contribution is 6.32. The molecule has 1 amide bonds. The number of rotatable bonds is 5. The molecule has 3 rings (SSSR count). The zero-order valence-electron chi connectivity index (χ0n) is 13.8. The number of fused-ring (bicyclic) bond motifs is 1. The van der Waals surface area contributed by atoms with E-state index in [0.29, 0.717) is 5.69 Å². The minimum atomic E-state index is -0.450. The monoisotopic (exact) mass is 358 g/mol. The van der Waals surface area contributed by atoms with Gasteiger partial charge in [0.05, 0.1) is 12.1 Å². The normalized spacial score (nSPS) is 13.0. The van der Waals surface area contributed by atoms with Gasteiger partial charge in [0.2, 0.25) is 0 Å². The summed E-state index contributed by atoms with van der Waals surface area (Å²) >= 11 is 5.86. The smallest absolute Gasteiger partial charge is 0.310 e. The molecule has 0 fully saturated rings. The number of aromatic nitrogens is 1. The van der Waals surface area contributed by atoms with Gasteiger partial charge in [0.15, 0.2) is 11.8 Å². The van der Waals surface area contributed by atoms with Crippen LogP contribution in [0.3, 0.4) is 0 Å². The summed E-state index contributed by atoms with van der Waals surface area (Å²) in [6.07, 6.45) is 6.27. The second-order valence-corrected chi connectivity index (χ2v) is 6.40. The molecule has 1 aliphatic carbocycles. The molecule has 130 valence electrons. The molecule has 0 saturated heterocycles. The highest BCUT2D eigenvalue weighted by atomic mass is 35.5. The fourth-order valence-electron chi connectivity index (χ4n) is 2.93. The Morgan fingerprint density at radius 2 is 1.96 bits per heavy atom. The van der Waals surface area contributed by atoms with Crippen LogP contribution in [0.25, 0.3) is 0 Å². The lowest BCUT2D eigenvalue weighted by Crippen LogP contribution is -2.22. The van der Waals surface area contributed by atoms with Crippen molar-refractivity contribution in [3.63, 3.8) is 0 Å². The predicted octanol–water partition coefficient (Wildman–Crippen LogP) is 3.34. The van der Waals surface area contributed by atoms with Crippen molar-refractivity contribution in [3.05, 3.63) is 58.4 Å². The molecule has 0 radical (unpaired) electrons. The van der Waals surface area contributed by atoms with Crippen molar-refractivity contribution in [1.82, 2.24) is 4.98 Å². The molecule has 1 heterocycles. The number of benzene rings is 1. The summed E-state index contributed by atoms with van der Waals surface area (Å²) in [5.74, 6) is -0.878. The fraction of sp³-hybridized carbons (Fsp3) is 0.316. The number of nitrogens with zero attached hydrogens (tertiary/aromatic N) is 1. The van der Waals surface area contributed by atoms with Crippen molar-refractivity contribution >= 4 is 29.2 Å². The van der Waals surface area contributed by atoms with Crippen molar-refractivity contribution in [2.75, 3.05) is 11.9 Å². The first kappa shape index (κ1) is 17.4. The van der Waals surface area contributed by atoms with Crippen LogP contribution >= 0.6 is 11.6 Å². The molecule has 25 heavy (non-hydrogen) atoms. The highest BCUT2D eigenvalue weighted by Crippen LogP contribution is 2.22. The number of ether oxygens (including phenoxy) is 1. The minimum Gasteiger partial charge on any atom is -0.455 e. The number of halogens is 1. The number of pyridine rings is 1. The first-order valence-electron chi connectivity index (χ1n) is 8.28. The van der Waals surface area contributed by atoms with Crippen LogP contribution < -0.4 is 5.32 Å². The summed E-state index contributed by atoms with van der Waals surface area (Å²) in [5, 5.41) is 2.75. The van der Waals surface area contributed by atoms with Crippen molar-refractivity contribution < 1.29 is 14.3 Å². The van der Waals surface area contributed by atoms with Gasteiger partial charge in [-0.25, -0.2) is 4.98 Å². The first-order valence-corrected chi connectivity index (χ1v) is 8.66. The lowest BCUT2D eigenvalue weighted by atomic mass is 9.90. The van der Waals surface area contributed by atoms with Crippen LogP contribution in [0.4, 0.5) is 5.69 Å². The molecule has 0 unspecified atom stereocenters. The van der Waals surface area contributed by atoms with Gasteiger partial charge >= 0.3 is 5.97 Å². The minimum absolute atomic E-state index is 0.161. The highest BCUT2D eigenvalue weighted by Gasteiger charge is 2.13. The Morgan fingerprint density at radius 1 is 1.16 bits per heavy atom. The van der Waals surface area contributed by atoms with Crippen LogP contribution in [0.1, 0.15) is 29.5 Å². The van der Waals surface area contributed by atoms with Crippen LogP contribution in [0.2, 0.25) is 5.15 Å². The molecule has 0 aliphatic heterocycles. The Labute approximate surface area is 151 Å². The molecule has 1 aliphatic rings. The number of anilines is 1. The number of hydrogen-bond acceptors (Lipinski definition) is 4. The number of hydrogen-bond donors (Lipinski definition) is 1. The van der Waals surface area contributed by atoms with Crippen molar-refractivity contribution in [2.24, 2.45) is 0 Å². The van der Waals surface area contributed by atoms with Gasteiger partial charge in [0.25, 0.3) is 5.91 Å². The van der Waals surface area contributed by atoms with Crippen molar-refractivity contribution in [2.45, 2.75) is 32.1 Å². The van der Waals surface area contributed by atoms with E-state index in [1.165, 1.54) is 30.2 Å². The number of aryl methyl sites for hydroxylation is 2. The number of esters is 1. The van der Waals surface area contributed by atoms with E-state index in [-0.39, 0.29) is 18.2 Å². The van der Waals surface area contributed by atoms with E-state index in [1.54, 1.807) is 12.1 Å². The first-order chi connectivity index (χ1) is 12.1. The average molecular weight is 359 g/mol. The maximum atomic E-state index is 12.0. The molecule has 2 aromatic rings. The van der Waals surface area contributed by atoms with Crippen LogP contribution in [-0.4, -0.2) is 23.5 Å². The number of carbonyl (C=O) groups excluding carboxylic acids is 2. The molecule has 0 spiro atoms. The van der Waals surface area contributed by atoms with Gasteiger partial charge in [-0.2, -0.15) is 0 Å². The van der Waals surface area contributed by atoms with E-state index in [1.807, 2.05) is 6.07 Å². The average Bonchev–Trinajstić information content (AvgIpc) is 2.62. The van der Waals surface area contributed by atoms with Gasteiger partial charge in [0.1, 0.15) is 0 Å².